The van der Waals surface area contributed by atoms with Gasteiger partial charge in [-0.25, -0.2) is 0 Å². The first kappa shape index (κ1) is 18.9. The molecule has 3 nitrogen and oxygen atoms in total. The van der Waals surface area contributed by atoms with Crippen LogP contribution in [0.5, 0.6) is 0 Å². The molecule has 0 aliphatic carbocycles. The molecule has 20 heavy (non-hydrogen) atoms. The molecule has 0 rings (SSSR count). The summed E-state index contributed by atoms with van der Waals surface area (Å²) in [7, 11) is 0. The maximum atomic E-state index is 11.4. The van der Waals surface area contributed by atoms with Gasteiger partial charge >= 0.3 is 5.97 Å². The van der Waals surface area contributed by atoms with Gasteiger partial charge in [-0.15, -0.1) is 0 Å². The third-order valence-corrected chi connectivity index (χ3v) is 3.18. The van der Waals surface area contributed by atoms with Crippen LogP contribution in [0.3, 0.4) is 0 Å². The summed E-state index contributed by atoms with van der Waals surface area (Å²) in [6.07, 6.45) is 16.1. The highest BCUT2D eigenvalue weighted by atomic mass is 16.5. The van der Waals surface area contributed by atoms with E-state index in [9.17, 15) is 9.59 Å². The molecule has 3 heteroatoms. The largest absolute Gasteiger partial charge is 0.461 e. The first-order valence-electron chi connectivity index (χ1n) is 8.05. The van der Waals surface area contributed by atoms with Gasteiger partial charge in [0.25, 0.3) is 0 Å². The molecule has 0 aromatic carbocycles. The van der Waals surface area contributed by atoms with Gasteiger partial charge in [0.05, 0.1) is 0 Å². The molecule has 0 saturated carbocycles. The lowest BCUT2D eigenvalue weighted by Gasteiger charge is -2.02. The Morgan fingerprint density at radius 1 is 0.900 bits per heavy atom. The number of rotatable bonds is 14. The van der Waals surface area contributed by atoms with Crippen molar-refractivity contribution in [1.29, 1.82) is 0 Å². The summed E-state index contributed by atoms with van der Waals surface area (Å²) in [6, 6.07) is 0. The van der Waals surface area contributed by atoms with Crippen molar-refractivity contribution < 1.29 is 14.3 Å². The fraction of sp³-hybridized carbons (Fsp3) is 0.765. The first-order valence-corrected chi connectivity index (χ1v) is 8.05. The Kier molecular flexibility index (Phi) is 15.0. The maximum Gasteiger partial charge on any atom is 0.306 e. The second kappa shape index (κ2) is 15.9. The molecule has 0 radical (unpaired) electrons. The Hall–Kier alpha value is -1.12. The van der Waals surface area contributed by atoms with Crippen molar-refractivity contribution in [2.24, 2.45) is 0 Å². The normalized spacial score (nSPS) is 10.8. The highest BCUT2D eigenvalue weighted by Crippen LogP contribution is 2.06. The van der Waals surface area contributed by atoms with Gasteiger partial charge in [0, 0.05) is 12.8 Å². The third-order valence-electron chi connectivity index (χ3n) is 3.18. The molecular weight excluding hydrogens is 252 g/mol. The topological polar surface area (TPSA) is 43.4 Å². The number of unbranched alkanes of at least 4 members (excludes halogenated alkanes) is 8. The van der Waals surface area contributed by atoms with Crippen LogP contribution in [0.1, 0.15) is 77.6 Å². The van der Waals surface area contributed by atoms with Crippen LogP contribution in [0.15, 0.2) is 12.2 Å². The standard InChI is InChI=1S/C17H30O3/c1-2-3-4-5-6-10-13-16-20-17(19)14-11-8-7-9-12-15-18/h10,13,15H,2-9,11-12,14,16H2,1H3/b13-10-. The van der Waals surface area contributed by atoms with Gasteiger partial charge in [0.2, 0.25) is 0 Å². The summed E-state index contributed by atoms with van der Waals surface area (Å²) < 4.78 is 5.12. The van der Waals surface area contributed by atoms with E-state index in [1.54, 1.807) is 0 Å². The molecule has 0 bridgehead atoms. The lowest BCUT2D eigenvalue weighted by atomic mass is 10.1. The van der Waals surface area contributed by atoms with Crippen LogP contribution in [0.25, 0.3) is 0 Å². The molecule has 0 atom stereocenters. The number of carbonyl (C=O) groups is 2. The van der Waals surface area contributed by atoms with Crippen molar-refractivity contribution in [2.75, 3.05) is 6.61 Å². The minimum absolute atomic E-state index is 0.115. The quantitative estimate of drug-likeness (QED) is 0.202. The van der Waals surface area contributed by atoms with Crippen LogP contribution in [0.2, 0.25) is 0 Å². The van der Waals surface area contributed by atoms with E-state index in [0.29, 0.717) is 19.4 Å². The Balaban J connectivity index is 3.27. The summed E-state index contributed by atoms with van der Waals surface area (Å²) in [4.78, 5) is 21.5. The van der Waals surface area contributed by atoms with E-state index in [1.807, 2.05) is 6.08 Å². The number of allylic oxidation sites excluding steroid dienone is 1. The lowest BCUT2D eigenvalue weighted by molar-refractivity contribution is -0.142. The van der Waals surface area contributed by atoms with Crippen molar-refractivity contribution in [2.45, 2.75) is 77.6 Å². The maximum absolute atomic E-state index is 11.4. The van der Waals surface area contributed by atoms with Gasteiger partial charge in [-0.05, 0) is 25.7 Å². The van der Waals surface area contributed by atoms with Crippen molar-refractivity contribution in [3.63, 3.8) is 0 Å². The first-order chi connectivity index (χ1) is 9.81. The molecule has 0 aromatic rings. The minimum Gasteiger partial charge on any atom is -0.461 e. The summed E-state index contributed by atoms with van der Waals surface area (Å²) in [5, 5.41) is 0. The zero-order chi connectivity index (χ0) is 14.9. The zero-order valence-corrected chi connectivity index (χ0v) is 12.9. The molecule has 0 aliphatic rings. The van der Waals surface area contributed by atoms with Crippen LogP contribution < -0.4 is 0 Å². The van der Waals surface area contributed by atoms with Crippen molar-refractivity contribution in [1.82, 2.24) is 0 Å². The number of esters is 1. The molecule has 0 heterocycles. The van der Waals surface area contributed by atoms with Gasteiger partial charge < -0.3 is 9.53 Å². The van der Waals surface area contributed by atoms with E-state index in [4.69, 9.17) is 4.74 Å². The fourth-order valence-corrected chi connectivity index (χ4v) is 1.94. The summed E-state index contributed by atoms with van der Waals surface area (Å²) in [5.74, 6) is -0.115. The highest BCUT2D eigenvalue weighted by Gasteiger charge is 2.00. The van der Waals surface area contributed by atoms with Crippen LogP contribution in [0, 0.1) is 0 Å². The van der Waals surface area contributed by atoms with E-state index >= 15 is 0 Å². The van der Waals surface area contributed by atoms with Crippen molar-refractivity contribution in [3.05, 3.63) is 12.2 Å². The molecule has 0 aromatic heterocycles. The van der Waals surface area contributed by atoms with Crippen LogP contribution in [-0.2, 0) is 14.3 Å². The average molecular weight is 282 g/mol. The Labute approximate surface area is 123 Å². The molecule has 0 aliphatic heterocycles. The average Bonchev–Trinajstić information content (AvgIpc) is 2.45. The Morgan fingerprint density at radius 2 is 1.60 bits per heavy atom. The number of carbonyl (C=O) groups excluding carboxylic acids is 2. The molecule has 0 N–H and O–H groups in total. The van der Waals surface area contributed by atoms with E-state index in [0.717, 1.165) is 38.4 Å². The van der Waals surface area contributed by atoms with Gasteiger partial charge in [-0.1, -0.05) is 51.2 Å². The van der Waals surface area contributed by atoms with E-state index in [2.05, 4.69) is 13.0 Å². The van der Waals surface area contributed by atoms with Gasteiger partial charge in [-0.2, -0.15) is 0 Å². The molecule has 0 fully saturated rings. The molecule has 0 unspecified atom stereocenters. The van der Waals surface area contributed by atoms with E-state index in [1.165, 1.54) is 25.7 Å². The number of hydrogen-bond acceptors (Lipinski definition) is 3. The number of hydrogen-bond donors (Lipinski definition) is 0. The molecule has 0 amide bonds. The third kappa shape index (κ3) is 14.9. The monoisotopic (exact) mass is 282 g/mol. The van der Waals surface area contributed by atoms with Crippen LogP contribution in [-0.4, -0.2) is 18.9 Å². The summed E-state index contributed by atoms with van der Waals surface area (Å²) >= 11 is 0. The summed E-state index contributed by atoms with van der Waals surface area (Å²) in [5.41, 5.74) is 0. The molecular formula is C17H30O3. The van der Waals surface area contributed by atoms with Crippen LogP contribution in [0.4, 0.5) is 0 Å². The SMILES string of the molecule is CCCCCC/C=C\COC(=O)CCCCCCC=O. The molecule has 116 valence electrons. The summed E-state index contributed by atoms with van der Waals surface area (Å²) in [6.45, 7) is 2.61. The predicted molar refractivity (Wildman–Crippen MR) is 82.6 cm³/mol. The second-order valence-corrected chi connectivity index (χ2v) is 5.12. The van der Waals surface area contributed by atoms with Crippen molar-refractivity contribution in [3.8, 4) is 0 Å². The second-order valence-electron chi connectivity index (χ2n) is 5.12. The van der Waals surface area contributed by atoms with Gasteiger partial charge in [-0.3, -0.25) is 4.79 Å². The Bertz CT molecular complexity index is 259. The lowest BCUT2D eigenvalue weighted by Crippen LogP contribution is -2.03. The smallest absolute Gasteiger partial charge is 0.306 e. The molecule has 0 spiro atoms. The zero-order valence-electron chi connectivity index (χ0n) is 12.9. The highest BCUT2D eigenvalue weighted by molar-refractivity contribution is 5.69. The van der Waals surface area contributed by atoms with Gasteiger partial charge in [0.15, 0.2) is 0 Å². The van der Waals surface area contributed by atoms with Gasteiger partial charge in [0.1, 0.15) is 12.9 Å². The van der Waals surface area contributed by atoms with E-state index in [-0.39, 0.29) is 5.97 Å². The van der Waals surface area contributed by atoms with E-state index < -0.39 is 0 Å². The van der Waals surface area contributed by atoms with Crippen molar-refractivity contribution >= 4 is 12.3 Å². The number of aldehydes is 1. The predicted octanol–water partition coefficient (Wildman–Crippen LogP) is 4.60. The molecule has 0 saturated heterocycles. The number of ether oxygens (including phenoxy) is 1. The van der Waals surface area contributed by atoms with Crippen LogP contribution >= 0.6 is 0 Å². The minimum atomic E-state index is -0.115. The Morgan fingerprint density at radius 3 is 2.35 bits per heavy atom. The fourth-order valence-electron chi connectivity index (χ4n) is 1.94.